The summed E-state index contributed by atoms with van der Waals surface area (Å²) in [4.78, 5) is 3.17. The van der Waals surface area contributed by atoms with Crippen LogP contribution in [0.5, 0.6) is 5.75 Å². The number of benzene rings is 1. The first-order valence-electron chi connectivity index (χ1n) is 5.22. The van der Waals surface area contributed by atoms with Crippen molar-refractivity contribution in [3.8, 4) is 5.75 Å². The van der Waals surface area contributed by atoms with E-state index in [1.807, 2.05) is 12.3 Å². The predicted molar refractivity (Wildman–Crippen MR) is 60.2 cm³/mol. The summed E-state index contributed by atoms with van der Waals surface area (Å²) in [5.41, 5.74) is 1.13. The van der Waals surface area contributed by atoms with Crippen LogP contribution in [0.25, 0.3) is 10.9 Å². The quantitative estimate of drug-likeness (QED) is 0.780. The number of fused-ring (bicyclic) bond motifs is 1. The summed E-state index contributed by atoms with van der Waals surface area (Å²) >= 11 is 0. The van der Waals surface area contributed by atoms with E-state index in [4.69, 9.17) is 4.74 Å². The summed E-state index contributed by atoms with van der Waals surface area (Å²) in [6.45, 7) is 3.99. The second kappa shape index (κ2) is 3.00. The monoisotopic (exact) mass is 202 g/mol. The molecule has 0 bridgehead atoms. The van der Waals surface area contributed by atoms with E-state index in [1.54, 1.807) is 0 Å². The van der Waals surface area contributed by atoms with Crippen LogP contribution in [0.3, 0.4) is 0 Å². The molecule has 0 spiro atoms. The van der Waals surface area contributed by atoms with Crippen molar-refractivity contribution in [1.82, 2.24) is 10.3 Å². The maximum atomic E-state index is 5.94. The minimum absolute atomic E-state index is 0.0238. The molecule has 0 radical (unpaired) electrons. The first-order chi connectivity index (χ1) is 7.25. The molecule has 1 aliphatic heterocycles. The first-order valence-corrected chi connectivity index (χ1v) is 5.22. The van der Waals surface area contributed by atoms with Gasteiger partial charge in [0.15, 0.2) is 0 Å². The fraction of sp³-hybridized carbons (Fsp3) is 0.333. The zero-order valence-electron chi connectivity index (χ0n) is 8.71. The van der Waals surface area contributed by atoms with Crippen LogP contribution in [0.15, 0.2) is 30.5 Å². The smallest absolute Gasteiger partial charge is 0.131 e. The van der Waals surface area contributed by atoms with Gasteiger partial charge in [-0.25, -0.2) is 0 Å². The molecule has 3 heteroatoms. The molecule has 0 saturated carbocycles. The molecule has 0 aliphatic carbocycles. The Labute approximate surface area is 88.4 Å². The predicted octanol–water partition coefficient (Wildman–Crippen LogP) is 1.91. The van der Waals surface area contributed by atoms with E-state index in [0.717, 1.165) is 24.4 Å². The zero-order chi connectivity index (χ0) is 10.3. The summed E-state index contributed by atoms with van der Waals surface area (Å²) in [5.74, 6) is 0.950. The van der Waals surface area contributed by atoms with E-state index < -0.39 is 0 Å². The van der Waals surface area contributed by atoms with Crippen LogP contribution in [0.1, 0.15) is 6.92 Å². The van der Waals surface area contributed by atoms with Gasteiger partial charge >= 0.3 is 0 Å². The Morgan fingerprint density at radius 3 is 2.87 bits per heavy atom. The van der Waals surface area contributed by atoms with Gasteiger partial charge in [-0.2, -0.15) is 0 Å². The molecule has 0 atom stereocenters. The Morgan fingerprint density at radius 1 is 1.27 bits per heavy atom. The lowest BCUT2D eigenvalue weighted by Crippen LogP contribution is -2.60. The zero-order valence-corrected chi connectivity index (χ0v) is 8.71. The van der Waals surface area contributed by atoms with Gasteiger partial charge in [-0.05, 0) is 31.2 Å². The highest BCUT2D eigenvalue weighted by Crippen LogP contribution is 2.25. The maximum absolute atomic E-state index is 5.94. The van der Waals surface area contributed by atoms with E-state index in [2.05, 4.69) is 35.4 Å². The maximum Gasteiger partial charge on any atom is 0.131 e. The summed E-state index contributed by atoms with van der Waals surface area (Å²) in [7, 11) is 0. The average Bonchev–Trinajstić information content (AvgIpc) is 2.62. The van der Waals surface area contributed by atoms with Crippen LogP contribution in [-0.4, -0.2) is 23.7 Å². The normalized spacial score (nSPS) is 18.7. The Morgan fingerprint density at radius 2 is 2.13 bits per heavy atom. The number of rotatable bonds is 2. The van der Waals surface area contributed by atoms with Crippen LogP contribution in [0.2, 0.25) is 0 Å². The molecule has 2 N–H and O–H groups in total. The van der Waals surface area contributed by atoms with Gasteiger partial charge in [-0.3, -0.25) is 0 Å². The van der Waals surface area contributed by atoms with Gasteiger partial charge in [0.25, 0.3) is 0 Å². The Kier molecular flexibility index (Phi) is 1.76. The number of aromatic nitrogens is 1. The molecule has 1 fully saturated rings. The molecule has 1 saturated heterocycles. The van der Waals surface area contributed by atoms with E-state index >= 15 is 0 Å². The Balaban J connectivity index is 1.90. The van der Waals surface area contributed by atoms with Crippen LogP contribution >= 0.6 is 0 Å². The lowest BCUT2D eigenvalue weighted by atomic mass is 10.00. The molecule has 3 nitrogen and oxygen atoms in total. The van der Waals surface area contributed by atoms with Crippen LogP contribution < -0.4 is 10.1 Å². The van der Waals surface area contributed by atoms with Gasteiger partial charge < -0.3 is 15.0 Å². The Bertz CT molecular complexity index is 485. The molecule has 1 aromatic heterocycles. The van der Waals surface area contributed by atoms with Crippen molar-refractivity contribution in [3.05, 3.63) is 30.5 Å². The molecule has 1 aromatic carbocycles. The van der Waals surface area contributed by atoms with E-state index in [1.165, 1.54) is 5.39 Å². The van der Waals surface area contributed by atoms with Gasteiger partial charge in [0.1, 0.15) is 11.4 Å². The number of ether oxygens (including phenoxy) is 1. The molecule has 1 aliphatic rings. The summed E-state index contributed by atoms with van der Waals surface area (Å²) in [6.07, 6.45) is 1.95. The minimum Gasteiger partial charge on any atom is -0.485 e. The van der Waals surface area contributed by atoms with Crippen molar-refractivity contribution >= 4 is 10.9 Å². The Hall–Kier alpha value is -1.48. The molecule has 78 valence electrons. The topological polar surface area (TPSA) is 37.0 Å². The fourth-order valence-electron chi connectivity index (χ4n) is 1.93. The minimum atomic E-state index is -0.0238. The molecule has 2 heterocycles. The van der Waals surface area contributed by atoms with Gasteiger partial charge in [0, 0.05) is 30.2 Å². The molecular formula is C12H14N2O. The third-order valence-corrected chi connectivity index (χ3v) is 2.89. The van der Waals surface area contributed by atoms with Crippen molar-refractivity contribution in [1.29, 1.82) is 0 Å². The van der Waals surface area contributed by atoms with Crippen molar-refractivity contribution < 1.29 is 4.74 Å². The lowest BCUT2D eigenvalue weighted by molar-refractivity contribution is 0.0350. The molecular weight excluding hydrogens is 188 g/mol. The molecule has 2 aromatic rings. The molecule has 0 unspecified atom stereocenters. The van der Waals surface area contributed by atoms with Gasteiger partial charge in [-0.1, -0.05) is 0 Å². The number of aromatic amines is 1. The van der Waals surface area contributed by atoms with Gasteiger partial charge in [-0.15, -0.1) is 0 Å². The number of hydrogen-bond acceptors (Lipinski definition) is 2. The number of hydrogen-bond donors (Lipinski definition) is 2. The standard InChI is InChI=1S/C12H14N2O/c1-12(7-13-8-12)15-10-2-3-11-9(6-10)4-5-14-11/h2-6,13-14H,7-8H2,1H3. The third-order valence-electron chi connectivity index (χ3n) is 2.89. The fourth-order valence-corrected chi connectivity index (χ4v) is 1.93. The summed E-state index contributed by atoms with van der Waals surface area (Å²) < 4.78 is 5.94. The highest BCUT2D eigenvalue weighted by atomic mass is 16.5. The molecule has 3 rings (SSSR count). The molecule has 15 heavy (non-hydrogen) atoms. The van der Waals surface area contributed by atoms with Crippen LogP contribution in [0.4, 0.5) is 0 Å². The van der Waals surface area contributed by atoms with Crippen molar-refractivity contribution in [2.24, 2.45) is 0 Å². The van der Waals surface area contributed by atoms with E-state index in [-0.39, 0.29) is 5.60 Å². The SMILES string of the molecule is CC1(Oc2ccc3[nH]ccc3c2)CNC1. The van der Waals surface area contributed by atoms with Crippen molar-refractivity contribution in [2.75, 3.05) is 13.1 Å². The van der Waals surface area contributed by atoms with Gasteiger partial charge in [0.2, 0.25) is 0 Å². The van der Waals surface area contributed by atoms with Crippen molar-refractivity contribution in [2.45, 2.75) is 12.5 Å². The highest BCUT2D eigenvalue weighted by Gasteiger charge is 2.33. The second-order valence-corrected chi connectivity index (χ2v) is 4.38. The summed E-state index contributed by atoms with van der Waals surface area (Å²) in [5, 5.41) is 4.42. The van der Waals surface area contributed by atoms with E-state index in [0.29, 0.717) is 0 Å². The van der Waals surface area contributed by atoms with Gasteiger partial charge in [0.05, 0.1) is 0 Å². The molecule has 0 amide bonds. The van der Waals surface area contributed by atoms with Crippen LogP contribution in [-0.2, 0) is 0 Å². The number of nitrogens with one attached hydrogen (secondary N) is 2. The van der Waals surface area contributed by atoms with E-state index in [9.17, 15) is 0 Å². The van der Waals surface area contributed by atoms with Crippen LogP contribution in [0, 0.1) is 0 Å². The number of H-pyrrole nitrogens is 1. The first kappa shape index (κ1) is 8.80. The summed E-state index contributed by atoms with van der Waals surface area (Å²) in [6, 6.07) is 8.21. The highest BCUT2D eigenvalue weighted by molar-refractivity contribution is 5.80. The lowest BCUT2D eigenvalue weighted by Gasteiger charge is -2.39. The average molecular weight is 202 g/mol. The second-order valence-electron chi connectivity index (χ2n) is 4.38. The third kappa shape index (κ3) is 1.49. The van der Waals surface area contributed by atoms with Crippen molar-refractivity contribution in [3.63, 3.8) is 0 Å². The largest absolute Gasteiger partial charge is 0.485 e.